The Bertz CT molecular complexity index is 1130. The summed E-state index contributed by atoms with van der Waals surface area (Å²) in [6.07, 6.45) is 6.79. The Hall–Kier alpha value is -2.75. The van der Waals surface area contributed by atoms with Gasteiger partial charge < -0.3 is 19.2 Å². The van der Waals surface area contributed by atoms with Crippen molar-refractivity contribution < 1.29 is 19.0 Å². The molecule has 1 fully saturated rings. The van der Waals surface area contributed by atoms with Crippen LogP contribution in [0.25, 0.3) is 11.3 Å². The number of hydrogen-bond acceptors (Lipinski definition) is 6. The van der Waals surface area contributed by atoms with E-state index in [0.717, 1.165) is 65.1 Å². The van der Waals surface area contributed by atoms with Crippen LogP contribution in [0, 0.1) is 0 Å². The maximum atomic E-state index is 11.4. The fourth-order valence-electron chi connectivity index (χ4n) is 4.40. The molecule has 9 heteroatoms. The molecule has 1 aliphatic carbocycles. The highest BCUT2D eigenvalue weighted by atomic mass is 79.9. The van der Waals surface area contributed by atoms with E-state index in [2.05, 4.69) is 42.0 Å². The van der Waals surface area contributed by atoms with E-state index in [1.165, 1.54) is 7.11 Å². The molecule has 3 heterocycles. The molecule has 172 valence electrons. The van der Waals surface area contributed by atoms with Gasteiger partial charge in [-0.3, -0.25) is 10.3 Å². The smallest absolute Gasteiger partial charge is 0.411 e. The van der Waals surface area contributed by atoms with E-state index < -0.39 is 6.09 Å². The summed E-state index contributed by atoms with van der Waals surface area (Å²) in [5, 5.41) is 2.65. The van der Waals surface area contributed by atoms with E-state index >= 15 is 0 Å². The molecule has 5 rings (SSSR count). The first-order valence-electron chi connectivity index (χ1n) is 11.0. The van der Waals surface area contributed by atoms with Crippen LogP contribution in [-0.4, -0.2) is 41.1 Å². The molecule has 1 saturated heterocycles. The van der Waals surface area contributed by atoms with Crippen molar-refractivity contribution in [2.24, 2.45) is 0 Å². The van der Waals surface area contributed by atoms with Gasteiger partial charge in [0.1, 0.15) is 5.82 Å². The summed E-state index contributed by atoms with van der Waals surface area (Å²) in [5.74, 6) is 0.865. The van der Waals surface area contributed by atoms with Gasteiger partial charge in [0.05, 0.1) is 36.7 Å². The zero-order valence-corrected chi connectivity index (χ0v) is 19.8. The van der Waals surface area contributed by atoms with Crippen LogP contribution in [0.15, 0.2) is 47.2 Å². The second-order valence-electron chi connectivity index (χ2n) is 8.21. The third kappa shape index (κ3) is 4.80. The normalized spacial score (nSPS) is 22.1. The highest BCUT2D eigenvalue weighted by molar-refractivity contribution is 9.10. The molecule has 3 aromatic rings. The number of imidazole rings is 1. The van der Waals surface area contributed by atoms with Crippen molar-refractivity contribution in [3.63, 3.8) is 0 Å². The van der Waals surface area contributed by atoms with Gasteiger partial charge in [-0.15, -0.1) is 0 Å². The molecule has 0 saturated carbocycles. The lowest BCUT2D eigenvalue weighted by molar-refractivity contribution is -0.189. The number of aromatic amines is 1. The number of carbonyl (C=O) groups excluding carboxylic acids is 1. The lowest BCUT2D eigenvalue weighted by atomic mass is 10.1. The molecule has 0 radical (unpaired) electrons. The van der Waals surface area contributed by atoms with Crippen LogP contribution >= 0.6 is 15.9 Å². The minimum Gasteiger partial charge on any atom is -0.453 e. The second kappa shape index (κ2) is 9.62. The number of nitrogens with zero attached hydrogens (tertiary/aromatic N) is 2. The summed E-state index contributed by atoms with van der Waals surface area (Å²) >= 11 is 3.55. The van der Waals surface area contributed by atoms with Gasteiger partial charge in [-0.05, 0) is 65.4 Å². The molecular weight excluding hydrogens is 488 g/mol. The van der Waals surface area contributed by atoms with Crippen LogP contribution in [0.3, 0.4) is 0 Å². The molecule has 0 bridgehead atoms. The number of carbonyl (C=O) groups is 1. The molecule has 1 amide bonds. The third-order valence-corrected chi connectivity index (χ3v) is 6.48. The van der Waals surface area contributed by atoms with Crippen LogP contribution in [0.4, 0.5) is 10.5 Å². The number of pyridine rings is 1. The van der Waals surface area contributed by atoms with Gasteiger partial charge in [0, 0.05) is 28.5 Å². The number of methoxy groups -OCH3 is 1. The Morgan fingerprint density at radius 2 is 2.06 bits per heavy atom. The van der Waals surface area contributed by atoms with Crippen molar-refractivity contribution in [2.75, 3.05) is 19.0 Å². The lowest BCUT2D eigenvalue weighted by Crippen LogP contribution is -2.23. The zero-order valence-electron chi connectivity index (χ0n) is 18.2. The van der Waals surface area contributed by atoms with E-state index in [4.69, 9.17) is 14.5 Å². The molecule has 8 nitrogen and oxygen atoms in total. The highest BCUT2D eigenvalue weighted by Gasteiger charge is 2.37. The summed E-state index contributed by atoms with van der Waals surface area (Å²) < 4.78 is 17.7. The van der Waals surface area contributed by atoms with Crippen LogP contribution in [0.2, 0.25) is 0 Å². The van der Waals surface area contributed by atoms with Crippen LogP contribution in [-0.2, 0) is 14.2 Å². The van der Waals surface area contributed by atoms with E-state index in [1.807, 2.05) is 36.7 Å². The Kier molecular flexibility index (Phi) is 6.43. The largest absolute Gasteiger partial charge is 0.453 e. The van der Waals surface area contributed by atoms with Crippen LogP contribution < -0.4 is 5.32 Å². The first-order valence-corrected chi connectivity index (χ1v) is 11.8. The third-order valence-electron chi connectivity index (χ3n) is 6.05. The van der Waals surface area contributed by atoms with E-state index in [1.54, 1.807) is 0 Å². The van der Waals surface area contributed by atoms with Crippen LogP contribution in [0.5, 0.6) is 0 Å². The van der Waals surface area contributed by atoms with Gasteiger partial charge >= 0.3 is 6.09 Å². The van der Waals surface area contributed by atoms with Gasteiger partial charge in [0.2, 0.25) is 0 Å². The molecular formula is C24H25BrN4O4. The maximum Gasteiger partial charge on any atom is 0.411 e. The van der Waals surface area contributed by atoms with Gasteiger partial charge in [-0.2, -0.15) is 0 Å². The molecule has 2 aromatic heterocycles. The molecule has 0 spiro atoms. The first kappa shape index (κ1) is 22.1. The molecule has 3 unspecified atom stereocenters. The number of rotatable bonds is 5. The minimum atomic E-state index is -0.499. The Morgan fingerprint density at radius 3 is 2.82 bits per heavy atom. The van der Waals surface area contributed by atoms with E-state index in [9.17, 15) is 4.79 Å². The molecule has 2 aliphatic rings. The average molecular weight is 513 g/mol. The summed E-state index contributed by atoms with van der Waals surface area (Å²) in [6, 6.07) is 9.59. The highest BCUT2D eigenvalue weighted by Crippen LogP contribution is 2.46. The van der Waals surface area contributed by atoms with Crippen molar-refractivity contribution in [1.82, 2.24) is 15.0 Å². The second-order valence-corrected chi connectivity index (χ2v) is 9.13. The average Bonchev–Trinajstić information content (AvgIpc) is 3.45. The van der Waals surface area contributed by atoms with Crippen molar-refractivity contribution >= 4 is 27.7 Å². The number of amides is 1. The molecule has 1 aliphatic heterocycles. The van der Waals surface area contributed by atoms with Gasteiger partial charge in [-0.25, -0.2) is 9.78 Å². The molecule has 33 heavy (non-hydrogen) atoms. The van der Waals surface area contributed by atoms with E-state index in [0.29, 0.717) is 5.69 Å². The summed E-state index contributed by atoms with van der Waals surface area (Å²) in [7, 11) is 1.34. The Labute approximate surface area is 200 Å². The number of benzene rings is 1. The maximum absolute atomic E-state index is 11.4. The first-order chi connectivity index (χ1) is 16.1. The van der Waals surface area contributed by atoms with Gasteiger partial charge in [0.25, 0.3) is 0 Å². The standard InChI is InChI=1S/C24H25BrN4O4/c1-31-24(30)28-16-7-5-14(6-8-16)19-13-27-23(29-19)18-11-20(33-21-4-2-3-9-32-21)17-10-15(25)12-26-22(17)18/h5-8,10,12-13,18,20-21H,2-4,9,11H2,1H3,(H,27,29)(H,28,30). The molecule has 1 aromatic carbocycles. The van der Waals surface area contributed by atoms with Gasteiger partial charge in [-0.1, -0.05) is 12.1 Å². The number of H-pyrrole nitrogens is 1. The minimum absolute atomic E-state index is 0.00991. The monoisotopic (exact) mass is 512 g/mol. The van der Waals surface area contributed by atoms with Crippen molar-refractivity contribution in [3.8, 4) is 11.3 Å². The van der Waals surface area contributed by atoms with Crippen molar-refractivity contribution in [1.29, 1.82) is 0 Å². The number of halogens is 1. The topological polar surface area (TPSA) is 98.4 Å². The lowest BCUT2D eigenvalue weighted by Gasteiger charge is -2.26. The number of aromatic nitrogens is 3. The summed E-state index contributed by atoms with van der Waals surface area (Å²) in [4.78, 5) is 24.2. The number of fused-ring (bicyclic) bond motifs is 1. The Morgan fingerprint density at radius 1 is 1.21 bits per heavy atom. The molecule has 3 atom stereocenters. The summed E-state index contributed by atoms with van der Waals surface area (Å²) in [6.45, 7) is 0.750. The zero-order chi connectivity index (χ0) is 22.8. The van der Waals surface area contributed by atoms with Crippen molar-refractivity contribution in [3.05, 3.63) is 64.3 Å². The van der Waals surface area contributed by atoms with Crippen molar-refractivity contribution in [2.45, 2.75) is 44.0 Å². The fourth-order valence-corrected chi connectivity index (χ4v) is 4.75. The summed E-state index contributed by atoms with van der Waals surface area (Å²) in [5.41, 5.74) is 4.59. The van der Waals surface area contributed by atoms with Gasteiger partial charge in [0.15, 0.2) is 6.29 Å². The fraction of sp³-hybridized carbons (Fsp3) is 0.375. The number of anilines is 1. The quantitative estimate of drug-likeness (QED) is 0.466. The molecule has 2 N–H and O–H groups in total. The number of hydrogen-bond donors (Lipinski definition) is 2. The Balaban J connectivity index is 1.36. The SMILES string of the molecule is COC(=O)Nc1ccc(-c2cnc(C3CC(OC4CCCCO4)c4cc(Br)cnc43)[nH]2)cc1. The number of nitrogens with one attached hydrogen (secondary N) is 2. The predicted octanol–water partition coefficient (Wildman–Crippen LogP) is 5.53. The van der Waals surface area contributed by atoms with Crippen LogP contribution in [0.1, 0.15) is 54.8 Å². The number of ether oxygens (including phenoxy) is 3. The predicted molar refractivity (Wildman–Crippen MR) is 126 cm³/mol. The van der Waals surface area contributed by atoms with E-state index in [-0.39, 0.29) is 18.3 Å².